The Hall–Kier alpha value is -3.27. The maximum absolute atomic E-state index is 11.3. The van der Waals surface area contributed by atoms with E-state index in [1.807, 2.05) is 36.4 Å². The Morgan fingerprint density at radius 3 is 2.54 bits per heavy atom. The minimum atomic E-state index is -0.418. The van der Waals surface area contributed by atoms with Crippen molar-refractivity contribution in [3.63, 3.8) is 0 Å². The van der Waals surface area contributed by atoms with Gasteiger partial charge < -0.3 is 5.73 Å². The van der Waals surface area contributed by atoms with Crippen LogP contribution in [-0.4, -0.2) is 15.9 Å². The fourth-order valence-corrected chi connectivity index (χ4v) is 2.91. The molecule has 2 aromatic heterocycles. The first-order chi connectivity index (χ1) is 11.7. The van der Waals surface area contributed by atoms with E-state index in [-0.39, 0.29) is 0 Å². The first-order valence-electron chi connectivity index (χ1n) is 7.73. The molecular formula is C20H15N3O. The minimum Gasteiger partial charge on any atom is -0.366 e. The van der Waals surface area contributed by atoms with Gasteiger partial charge in [0.05, 0.1) is 11.0 Å². The van der Waals surface area contributed by atoms with Crippen molar-refractivity contribution in [3.05, 3.63) is 83.7 Å². The summed E-state index contributed by atoms with van der Waals surface area (Å²) in [6.07, 6.45) is 2.42. The summed E-state index contributed by atoms with van der Waals surface area (Å²) in [4.78, 5) is 20.6. The molecule has 2 N–H and O–H groups in total. The number of carbonyl (C=O) groups is 1. The van der Waals surface area contributed by atoms with E-state index in [1.54, 1.807) is 12.3 Å². The Labute approximate surface area is 139 Å². The average Bonchev–Trinajstić information content (AvgIpc) is 2.62. The van der Waals surface area contributed by atoms with Gasteiger partial charge in [-0.15, -0.1) is 0 Å². The van der Waals surface area contributed by atoms with Gasteiger partial charge in [-0.1, -0.05) is 36.4 Å². The fraction of sp³-hybridized carbons (Fsp3) is 0.0500. The molecule has 4 aromatic rings. The number of pyridine rings is 2. The zero-order chi connectivity index (χ0) is 16.5. The Balaban J connectivity index is 1.79. The lowest BCUT2D eigenvalue weighted by Crippen LogP contribution is -2.11. The summed E-state index contributed by atoms with van der Waals surface area (Å²) >= 11 is 0. The molecule has 0 saturated carbocycles. The number of hydrogen-bond donors (Lipinski definition) is 1. The quantitative estimate of drug-likeness (QED) is 0.589. The van der Waals surface area contributed by atoms with Gasteiger partial charge in [0.1, 0.15) is 0 Å². The van der Waals surface area contributed by atoms with E-state index in [4.69, 9.17) is 10.7 Å². The second-order valence-electron chi connectivity index (χ2n) is 5.76. The molecule has 2 heterocycles. The molecule has 4 heteroatoms. The van der Waals surface area contributed by atoms with Gasteiger partial charge in [-0.05, 0) is 29.8 Å². The van der Waals surface area contributed by atoms with Gasteiger partial charge in [0.2, 0.25) is 5.91 Å². The zero-order valence-corrected chi connectivity index (χ0v) is 12.9. The van der Waals surface area contributed by atoms with Crippen LogP contribution in [0.3, 0.4) is 0 Å². The summed E-state index contributed by atoms with van der Waals surface area (Å²) in [5, 5.41) is 2.14. The molecule has 0 bridgehead atoms. The summed E-state index contributed by atoms with van der Waals surface area (Å²) in [5.74, 6) is -0.418. The van der Waals surface area contributed by atoms with Crippen molar-refractivity contribution in [2.24, 2.45) is 5.73 Å². The van der Waals surface area contributed by atoms with Crippen LogP contribution in [0.15, 0.2) is 66.9 Å². The predicted octanol–water partition coefficient (Wildman–Crippen LogP) is 3.47. The van der Waals surface area contributed by atoms with Crippen LogP contribution in [0.25, 0.3) is 21.8 Å². The molecule has 24 heavy (non-hydrogen) atoms. The van der Waals surface area contributed by atoms with Gasteiger partial charge >= 0.3 is 0 Å². The fourth-order valence-electron chi connectivity index (χ4n) is 2.91. The molecular weight excluding hydrogens is 298 g/mol. The monoisotopic (exact) mass is 313 g/mol. The van der Waals surface area contributed by atoms with Crippen LogP contribution in [-0.2, 0) is 6.42 Å². The van der Waals surface area contributed by atoms with E-state index < -0.39 is 5.91 Å². The number of fused-ring (bicyclic) bond motifs is 3. The lowest BCUT2D eigenvalue weighted by Gasteiger charge is -2.06. The van der Waals surface area contributed by atoms with E-state index in [1.165, 1.54) is 0 Å². The lowest BCUT2D eigenvalue weighted by atomic mass is 10.0. The molecule has 0 atom stereocenters. The largest absolute Gasteiger partial charge is 0.366 e. The van der Waals surface area contributed by atoms with Gasteiger partial charge in [-0.2, -0.15) is 0 Å². The van der Waals surface area contributed by atoms with Crippen molar-refractivity contribution in [2.75, 3.05) is 0 Å². The number of amides is 1. The number of rotatable bonds is 3. The SMILES string of the molecule is NC(=O)c1cccc(Cc2ccc3ccc4cccnc4c3n2)c1. The standard InChI is InChI=1S/C20H15N3O/c21-20(24)16-4-1-3-13(11-16)12-17-9-8-15-7-6-14-5-2-10-22-18(14)19(15)23-17/h1-11H,12H2,(H2,21,24). The van der Waals surface area contributed by atoms with Gasteiger partial charge in [0.25, 0.3) is 0 Å². The van der Waals surface area contributed by atoms with Gasteiger partial charge in [0.15, 0.2) is 0 Å². The third kappa shape index (κ3) is 2.58. The Morgan fingerprint density at radius 1 is 0.917 bits per heavy atom. The molecule has 4 rings (SSSR count). The highest BCUT2D eigenvalue weighted by Gasteiger charge is 2.06. The highest BCUT2D eigenvalue weighted by atomic mass is 16.1. The van der Waals surface area contributed by atoms with Crippen LogP contribution >= 0.6 is 0 Å². The topological polar surface area (TPSA) is 68.9 Å². The highest BCUT2D eigenvalue weighted by molar-refractivity contribution is 6.02. The van der Waals surface area contributed by atoms with Gasteiger partial charge in [0, 0.05) is 34.6 Å². The molecule has 1 amide bonds. The van der Waals surface area contributed by atoms with E-state index in [0.717, 1.165) is 33.1 Å². The van der Waals surface area contributed by atoms with Crippen molar-refractivity contribution in [1.82, 2.24) is 9.97 Å². The molecule has 0 aliphatic carbocycles. The lowest BCUT2D eigenvalue weighted by molar-refractivity contribution is 0.1000. The minimum absolute atomic E-state index is 0.418. The zero-order valence-electron chi connectivity index (χ0n) is 12.9. The molecule has 116 valence electrons. The number of carbonyl (C=O) groups excluding carboxylic acids is 1. The summed E-state index contributed by atoms with van der Waals surface area (Å²) < 4.78 is 0. The first-order valence-corrected chi connectivity index (χ1v) is 7.73. The average molecular weight is 313 g/mol. The summed E-state index contributed by atoms with van der Waals surface area (Å²) in [6.45, 7) is 0. The van der Waals surface area contributed by atoms with Crippen LogP contribution in [0.2, 0.25) is 0 Å². The van der Waals surface area contributed by atoms with Crippen LogP contribution in [0.5, 0.6) is 0 Å². The van der Waals surface area contributed by atoms with E-state index >= 15 is 0 Å². The highest BCUT2D eigenvalue weighted by Crippen LogP contribution is 2.23. The Morgan fingerprint density at radius 2 is 1.71 bits per heavy atom. The van der Waals surface area contributed by atoms with Gasteiger partial charge in [-0.25, -0.2) is 0 Å². The summed E-state index contributed by atoms with van der Waals surface area (Å²) in [6, 6.07) is 19.5. The second kappa shape index (κ2) is 5.74. The predicted molar refractivity (Wildman–Crippen MR) is 94.8 cm³/mol. The molecule has 0 spiro atoms. The number of hydrogen-bond acceptors (Lipinski definition) is 3. The molecule has 0 fully saturated rings. The van der Waals surface area contributed by atoms with E-state index in [0.29, 0.717) is 12.0 Å². The Kier molecular flexibility index (Phi) is 3.43. The summed E-state index contributed by atoms with van der Waals surface area (Å²) in [7, 11) is 0. The number of benzene rings is 2. The number of nitrogens with two attached hydrogens (primary N) is 1. The van der Waals surface area contributed by atoms with E-state index in [2.05, 4.69) is 23.2 Å². The van der Waals surface area contributed by atoms with Crippen LogP contribution in [0.1, 0.15) is 21.6 Å². The van der Waals surface area contributed by atoms with Crippen LogP contribution in [0.4, 0.5) is 0 Å². The number of aromatic nitrogens is 2. The molecule has 0 aliphatic rings. The van der Waals surface area contributed by atoms with E-state index in [9.17, 15) is 4.79 Å². The molecule has 2 aromatic carbocycles. The second-order valence-corrected chi connectivity index (χ2v) is 5.76. The molecule has 0 aliphatic heterocycles. The normalized spacial score (nSPS) is 11.0. The van der Waals surface area contributed by atoms with Crippen LogP contribution in [0, 0.1) is 0 Å². The molecule has 0 unspecified atom stereocenters. The maximum Gasteiger partial charge on any atom is 0.248 e. The van der Waals surface area contributed by atoms with Crippen molar-refractivity contribution in [1.29, 1.82) is 0 Å². The molecule has 0 radical (unpaired) electrons. The van der Waals surface area contributed by atoms with Crippen molar-refractivity contribution >= 4 is 27.7 Å². The van der Waals surface area contributed by atoms with Crippen molar-refractivity contribution in [2.45, 2.75) is 6.42 Å². The third-order valence-electron chi connectivity index (χ3n) is 4.09. The van der Waals surface area contributed by atoms with Gasteiger partial charge in [-0.3, -0.25) is 14.8 Å². The first kappa shape index (κ1) is 14.3. The third-order valence-corrected chi connectivity index (χ3v) is 4.09. The smallest absolute Gasteiger partial charge is 0.248 e. The summed E-state index contributed by atoms with van der Waals surface area (Å²) in [5.41, 5.74) is 9.61. The molecule has 0 saturated heterocycles. The maximum atomic E-state index is 11.3. The van der Waals surface area contributed by atoms with Crippen molar-refractivity contribution in [3.8, 4) is 0 Å². The Bertz CT molecular complexity index is 1070. The van der Waals surface area contributed by atoms with Crippen molar-refractivity contribution < 1.29 is 4.79 Å². The number of nitrogens with zero attached hydrogens (tertiary/aromatic N) is 2. The number of primary amides is 1. The van der Waals surface area contributed by atoms with Crippen LogP contribution < -0.4 is 5.73 Å². The molecule has 4 nitrogen and oxygen atoms in total.